The molecular formula is C23H28ClN3O2. The van der Waals surface area contributed by atoms with Gasteiger partial charge in [-0.2, -0.15) is 0 Å². The number of rotatable bonds is 5. The molecule has 6 heteroatoms. The molecule has 0 unspecified atom stereocenters. The van der Waals surface area contributed by atoms with Gasteiger partial charge in [0.2, 0.25) is 5.91 Å². The number of piperazine rings is 1. The summed E-state index contributed by atoms with van der Waals surface area (Å²) in [6, 6.07) is 14.2. The van der Waals surface area contributed by atoms with Crippen LogP contribution in [0.25, 0.3) is 0 Å². The van der Waals surface area contributed by atoms with E-state index in [2.05, 4.69) is 21.9 Å². The Morgan fingerprint density at radius 1 is 1.03 bits per heavy atom. The highest BCUT2D eigenvalue weighted by Gasteiger charge is 2.24. The normalized spacial score (nSPS) is 16.6. The Kier molecular flexibility index (Phi) is 6.14. The number of benzene rings is 2. The predicted octanol–water partition coefficient (Wildman–Crippen LogP) is 3.84. The molecule has 2 aliphatic heterocycles. The minimum atomic E-state index is 0.240. The lowest BCUT2D eigenvalue weighted by Gasteiger charge is -2.37. The quantitative estimate of drug-likeness (QED) is 0.746. The molecule has 2 aromatic carbocycles. The Morgan fingerprint density at radius 3 is 2.59 bits per heavy atom. The first kappa shape index (κ1) is 19.9. The number of halogens is 1. The zero-order valence-corrected chi connectivity index (χ0v) is 17.7. The molecule has 2 heterocycles. The second-order valence-electron chi connectivity index (χ2n) is 7.65. The van der Waals surface area contributed by atoms with E-state index in [0.29, 0.717) is 6.42 Å². The van der Waals surface area contributed by atoms with Crippen LogP contribution in [0.15, 0.2) is 42.5 Å². The van der Waals surface area contributed by atoms with Crippen LogP contribution < -0.4 is 14.5 Å². The van der Waals surface area contributed by atoms with Crippen LogP contribution in [0.5, 0.6) is 5.75 Å². The molecule has 0 aromatic heterocycles. The van der Waals surface area contributed by atoms with Crippen molar-refractivity contribution in [2.75, 3.05) is 56.2 Å². The molecular weight excluding hydrogens is 386 g/mol. The second kappa shape index (κ2) is 8.95. The van der Waals surface area contributed by atoms with E-state index < -0.39 is 0 Å². The first-order valence-corrected chi connectivity index (χ1v) is 10.7. The number of amides is 1. The maximum atomic E-state index is 12.8. The van der Waals surface area contributed by atoms with Gasteiger partial charge >= 0.3 is 0 Å². The maximum absolute atomic E-state index is 12.8. The summed E-state index contributed by atoms with van der Waals surface area (Å²) in [5.41, 5.74) is 3.62. The fourth-order valence-electron chi connectivity index (χ4n) is 4.30. The fraction of sp³-hybridized carbons (Fsp3) is 0.435. The Balaban J connectivity index is 1.31. The second-order valence-corrected chi connectivity index (χ2v) is 8.06. The Morgan fingerprint density at radius 2 is 1.83 bits per heavy atom. The summed E-state index contributed by atoms with van der Waals surface area (Å²) in [7, 11) is 1.70. The highest BCUT2D eigenvalue weighted by atomic mass is 35.5. The number of methoxy groups -OCH3 is 1. The number of fused-ring (bicyclic) bond motifs is 1. The average Bonchev–Trinajstić information content (AvgIpc) is 2.77. The largest absolute Gasteiger partial charge is 0.497 e. The molecule has 154 valence electrons. The standard InChI is InChI=1S/C23H28ClN3O2/c1-29-19-8-9-21-18(17-19)5-4-11-25(21)12-10-23(28)27-15-13-26(14-16-27)22-7-3-2-6-20(22)24/h2-3,6-9,17H,4-5,10-16H2,1H3. The van der Waals surface area contributed by atoms with Gasteiger partial charge in [0.05, 0.1) is 17.8 Å². The van der Waals surface area contributed by atoms with Gasteiger partial charge < -0.3 is 19.4 Å². The number of hydrogen-bond donors (Lipinski definition) is 0. The smallest absolute Gasteiger partial charge is 0.224 e. The van der Waals surface area contributed by atoms with Gasteiger partial charge in [0.15, 0.2) is 0 Å². The molecule has 5 nitrogen and oxygen atoms in total. The number of carbonyl (C=O) groups excluding carboxylic acids is 1. The van der Waals surface area contributed by atoms with Crippen LogP contribution in [0.2, 0.25) is 5.02 Å². The lowest BCUT2D eigenvalue weighted by molar-refractivity contribution is -0.131. The number of hydrogen-bond acceptors (Lipinski definition) is 4. The summed E-state index contributed by atoms with van der Waals surface area (Å²) >= 11 is 6.32. The molecule has 0 bridgehead atoms. The van der Waals surface area contributed by atoms with Gasteiger partial charge in [0.25, 0.3) is 0 Å². The van der Waals surface area contributed by atoms with Gasteiger partial charge in [-0.05, 0) is 48.7 Å². The van der Waals surface area contributed by atoms with E-state index >= 15 is 0 Å². The lowest BCUT2D eigenvalue weighted by atomic mass is 10.0. The molecule has 29 heavy (non-hydrogen) atoms. The zero-order chi connectivity index (χ0) is 20.2. The molecule has 4 rings (SSSR count). The van der Waals surface area contributed by atoms with Crippen LogP contribution in [0.1, 0.15) is 18.4 Å². The summed E-state index contributed by atoms with van der Waals surface area (Å²) in [6.45, 7) is 4.91. The average molecular weight is 414 g/mol. The minimum absolute atomic E-state index is 0.240. The minimum Gasteiger partial charge on any atom is -0.497 e. The van der Waals surface area contributed by atoms with E-state index in [1.54, 1.807) is 7.11 Å². The van der Waals surface area contributed by atoms with Gasteiger partial charge in [0.1, 0.15) is 5.75 Å². The van der Waals surface area contributed by atoms with Crippen molar-refractivity contribution >= 4 is 28.9 Å². The third kappa shape index (κ3) is 4.45. The molecule has 0 aliphatic carbocycles. The summed E-state index contributed by atoms with van der Waals surface area (Å²) in [5.74, 6) is 1.14. The van der Waals surface area contributed by atoms with E-state index in [1.165, 1.54) is 11.3 Å². The third-order valence-corrected chi connectivity index (χ3v) is 6.24. The van der Waals surface area contributed by atoms with Crippen molar-refractivity contribution < 1.29 is 9.53 Å². The van der Waals surface area contributed by atoms with Gasteiger partial charge in [-0.3, -0.25) is 4.79 Å². The fourth-order valence-corrected chi connectivity index (χ4v) is 4.56. The van der Waals surface area contributed by atoms with Gasteiger partial charge in [0, 0.05) is 51.4 Å². The molecule has 0 N–H and O–H groups in total. The number of ether oxygens (including phenoxy) is 1. The molecule has 2 aliphatic rings. The van der Waals surface area contributed by atoms with Crippen molar-refractivity contribution in [1.82, 2.24) is 4.90 Å². The molecule has 1 amide bonds. The van der Waals surface area contributed by atoms with Crippen LogP contribution in [-0.4, -0.2) is 57.2 Å². The Bertz CT molecular complexity index is 865. The van der Waals surface area contributed by atoms with E-state index in [0.717, 1.165) is 68.6 Å². The predicted molar refractivity (Wildman–Crippen MR) is 118 cm³/mol. The Hall–Kier alpha value is -2.40. The third-order valence-electron chi connectivity index (χ3n) is 5.92. The number of nitrogens with zero attached hydrogens (tertiary/aromatic N) is 3. The van der Waals surface area contributed by atoms with Gasteiger partial charge in [-0.1, -0.05) is 23.7 Å². The van der Waals surface area contributed by atoms with Crippen LogP contribution in [-0.2, 0) is 11.2 Å². The van der Waals surface area contributed by atoms with Crippen molar-refractivity contribution in [2.24, 2.45) is 0 Å². The number of carbonyl (C=O) groups is 1. The van der Waals surface area contributed by atoms with E-state index in [9.17, 15) is 4.79 Å². The lowest BCUT2D eigenvalue weighted by Crippen LogP contribution is -2.49. The van der Waals surface area contributed by atoms with Gasteiger partial charge in [-0.25, -0.2) is 0 Å². The number of anilines is 2. The summed E-state index contributed by atoms with van der Waals surface area (Å²) in [5, 5.41) is 0.771. The van der Waals surface area contributed by atoms with Crippen molar-refractivity contribution in [2.45, 2.75) is 19.3 Å². The van der Waals surface area contributed by atoms with Crippen molar-refractivity contribution in [1.29, 1.82) is 0 Å². The van der Waals surface area contributed by atoms with Crippen LogP contribution >= 0.6 is 11.6 Å². The SMILES string of the molecule is COc1ccc2c(c1)CCCN2CCC(=O)N1CCN(c2ccccc2Cl)CC1. The highest BCUT2D eigenvalue weighted by Crippen LogP contribution is 2.31. The summed E-state index contributed by atoms with van der Waals surface area (Å²) in [6.07, 6.45) is 2.74. The molecule has 1 fully saturated rings. The highest BCUT2D eigenvalue weighted by molar-refractivity contribution is 6.33. The van der Waals surface area contributed by atoms with E-state index in [1.807, 2.05) is 35.2 Å². The number of aryl methyl sites for hydroxylation is 1. The number of para-hydroxylation sites is 1. The van der Waals surface area contributed by atoms with Crippen molar-refractivity contribution in [3.05, 3.63) is 53.1 Å². The summed E-state index contributed by atoms with van der Waals surface area (Å²) in [4.78, 5) is 19.4. The first-order chi connectivity index (χ1) is 14.2. The molecule has 0 atom stereocenters. The van der Waals surface area contributed by atoms with Gasteiger partial charge in [-0.15, -0.1) is 0 Å². The van der Waals surface area contributed by atoms with Crippen molar-refractivity contribution in [3.63, 3.8) is 0 Å². The molecule has 0 saturated carbocycles. The van der Waals surface area contributed by atoms with E-state index in [4.69, 9.17) is 16.3 Å². The van der Waals surface area contributed by atoms with Crippen molar-refractivity contribution in [3.8, 4) is 5.75 Å². The topological polar surface area (TPSA) is 36.0 Å². The maximum Gasteiger partial charge on any atom is 0.224 e. The van der Waals surface area contributed by atoms with Crippen LogP contribution in [0, 0.1) is 0 Å². The van der Waals surface area contributed by atoms with E-state index in [-0.39, 0.29) is 5.91 Å². The molecule has 0 spiro atoms. The monoisotopic (exact) mass is 413 g/mol. The first-order valence-electron chi connectivity index (χ1n) is 10.3. The Labute approximate surface area is 177 Å². The molecule has 1 saturated heterocycles. The van der Waals surface area contributed by atoms with Crippen LogP contribution in [0.4, 0.5) is 11.4 Å². The molecule has 2 aromatic rings. The van der Waals surface area contributed by atoms with Crippen LogP contribution in [0.3, 0.4) is 0 Å². The summed E-state index contributed by atoms with van der Waals surface area (Å²) < 4.78 is 5.35. The zero-order valence-electron chi connectivity index (χ0n) is 16.9. The molecule has 0 radical (unpaired) electrons.